The number of aliphatic hydroxyl groups is 1. The van der Waals surface area contributed by atoms with Crippen LogP contribution in [-0.2, 0) is 6.18 Å². The molecule has 2 atom stereocenters. The first-order valence-corrected chi connectivity index (χ1v) is 4.63. The van der Waals surface area contributed by atoms with E-state index in [-0.39, 0.29) is 11.3 Å². The number of rotatable bonds is 2. The van der Waals surface area contributed by atoms with Crippen molar-refractivity contribution in [1.29, 1.82) is 0 Å². The van der Waals surface area contributed by atoms with Crippen LogP contribution in [0.1, 0.15) is 24.2 Å². The molecule has 0 aliphatic rings. The smallest absolute Gasteiger partial charge is 0.398 e. The van der Waals surface area contributed by atoms with Gasteiger partial charge in [-0.2, -0.15) is 13.2 Å². The third kappa shape index (κ3) is 2.65. The number of halogens is 3. The van der Waals surface area contributed by atoms with Gasteiger partial charge in [-0.05, 0) is 19.1 Å². The lowest BCUT2D eigenvalue weighted by Gasteiger charge is -2.18. The molecule has 0 saturated carbocycles. The number of anilines is 1. The molecule has 1 rings (SSSR count). The summed E-state index contributed by atoms with van der Waals surface area (Å²) in [6, 6.07) is 2.21. The van der Waals surface area contributed by atoms with E-state index in [1.54, 1.807) is 6.92 Å². The fourth-order valence-corrected chi connectivity index (χ4v) is 1.30. The van der Waals surface area contributed by atoms with E-state index in [4.69, 9.17) is 11.5 Å². The second kappa shape index (κ2) is 4.31. The molecule has 6 heteroatoms. The van der Waals surface area contributed by atoms with Gasteiger partial charge in [-0.1, -0.05) is 6.07 Å². The molecule has 0 heterocycles. The molecule has 0 amide bonds. The zero-order valence-electron chi connectivity index (χ0n) is 8.62. The molecule has 16 heavy (non-hydrogen) atoms. The first-order chi connectivity index (χ1) is 7.23. The lowest BCUT2D eigenvalue weighted by atomic mass is 10.0. The van der Waals surface area contributed by atoms with Gasteiger partial charge in [0.25, 0.3) is 0 Å². The minimum absolute atomic E-state index is 0.111. The zero-order chi connectivity index (χ0) is 12.5. The quantitative estimate of drug-likeness (QED) is 0.681. The molecule has 2 unspecified atom stereocenters. The van der Waals surface area contributed by atoms with Crippen molar-refractivity contribution in [3.63, 3.8) is 0 Å². The summed E-state index contributed by atoms with van der Waals surface area (Å²) in [4.78, 5) is 0. The number of benzene rings is 1. The van der Waals surface area contributed by atoms with E-state index in [9.17, 15) is 18.3 Å². The van der Waals surface area contributed by atoms with Crippen LogP contribution in [0.5, 0.6) is 0 Å². The van der Waals surface area contributed by atoms with Gasteiger partial charge < -0.3 is 16.6 Å². The summed E-state index contributed by atoms with van der Waals surface area (Å²) < 4.78 is 36.9. The first-order valence-electron chi connectivity index (χ1n) is 4.63. The van der Waals surface area contributed by atoms with Gasteiger partial charge in [0.15, 0.2) is 0 Å². The highest BCUT2D eigenvalue weighted by molar-refractivity contribution is 5.51. The summed E-state index contributed by atoms with van der Waals surface area (Å²) in [5, 5.41) is 9.59. The van der Waals surface area contributed by atoms with Gasteiger partial charge in [-0.15, -0.1) is 0 Å². The summed E-state index contributed by atoms with van der Waals surface area (Å²) in [6.07, 6.45) is -5.51. The molecule has 5 N–H and O–H groups in total. The van der Waals surface area contributed by atoms with E-state index < -0.39 is 23.9 Å². The molecule has 0 aliphatic carbocycles. The summed E-state index contributed by atoms with van der Waals surface area (Å²) in [5.41, 5.74) is 10.1. The van der Waals surface area contributed by atoms with Gasteiger partial charge in [0.05, 0.1) is 11.7 Å². The van der Waals surface area contributed by atoms with Crippen molar-refractivity contribution in [3.05, 3.63) is 29.3 Å². The van der Waals surface area contributed by atoms with Crippen LogP contribution in [-0.4, -0.2) is 11.1 Å². The molecular formula is C10H13F3N2O. The van der Waals surface area contributed by atoms with Crippen LogP contribution in [0, 0.1) is 0 Å². The Morgan fingerprint density at radius 1 is 1.31 bits per heavy atom. The fourth-order valence-electron chi connectivity index (χ4n) is 1.30. The normalized spacial score (nSPS) is 15.9. The maximum absolute atomic E-state index is 12.3. The third-order valence-electron chi connectivity index (χ3n) is 2.23. The predicted molar refractivity (Wildman–Crippen MR) is 54.5 cm³/mol. The van der Waals surface area contributed by atoms with Crippen molar-refractivity contribution in [1.82, 2.24) is 0 Å². The highest BCUT2D eigenvalue weighted by atomic mass is 19.4. The van der Waals surface area contributed by atoms with Crippen LogP contribution in [0.15, 0.2) is 18.2 Å². The van der Waals surface area contributed by atoms with E-state index >= 15 is 0 Å². The van der Waals surface area contributed by atoms with Crippen LogP contribution in [0.4, 0.5) is 18.9 Å². The zero-order valence-corrected chi connectivity index (χ0v) is 8.62. The number of hydrogen-bond acceptors (Lipinski definition) is 3. The number of hydrogen-bond donors (Lipinski definition) is 3. The standard InChI is InChI=1S/C10H13F3N2O/c1-5(14)9(16)7-3-2-6(4-8(7)15)10(11,12)13/h2-5,9,16H,14-15H2,1H3. The van der Waals surface area contributed by atoms with Gasteiger partial charge >= 0.3 is 6.18 Å². The average molecular weight is 234 g/mol. The Kier molecular flexibility index (Phi) is 3.44. The molecule has 0 fully saturated rings. The highest BCUT2D eigenvalue weighted by Gasteiger charge is 2.31. The molecule has 0 bridgehead atoms. The van der Waals surface area contributed by atoms with Crippen LogP contribution in [0.3, 0.4) is 0 Å². The number of aliphatic hydroxyl groups excluding tert-OH is 1. The van der Waals surface area contributed by atoms with Gasteiger partial charge in [0, 0.05) is 17.3 Å². The topological polar surface area (TPSA) is 72.3 Å². The number of nitrogens with two attached hydrogens (primary N) is 2. The largest absolute Gasteiger partial charge is 0.416 e. The second-order valence-electron chi connectivity index (χ2n) is 3.65. The lowest BCUT2D eigenvalue weighted by Crippen LogP contribution is -2.25. The Labute approximate surface area is 90.9 Å². The summed E-state index contributed by atoms with van der Waals surface area (Å²) in [6.45, 7) is 1.54. The summed E-state index contributed by atoms with van der Waals surface area (Å²) in [7, 11) is 0. The van der Waals surface area contributed by atoms with Crippen LogP contribution >= 0.6 is 0 Å². The van der Waals surface area contributed by atoms with Gasteiger partial charge in [-0.25, -0.2) is 0 Å². The van der Waals surface area contributed by atoms with Crippen LogP contribution in [0.25, 0.3) is 0 Å². The Balaban J connectivity index is 3.10. The Bertz CT molecular complexity index is 377. The number of alkyl halides is 3. The molecule has 1 aromatic rings. The Hall–Kier alpha value is -1.27. The molecule has 1 aromatic carbocycles. The predicted octanol–water partition coefficient (Wildman–Crippen LogP) is 1.67. The average Bonchev–Trinajstić information content (AvgIpc) is 2.15. The Morgan fingerprint density at radius 2 is 1.88 bits per heavy atom. The minimum atomic E-state index is -4.44. The lowest BCUT2D eigenvalue weighted by molar-refractivity contribution is -0.137. The molecule has 0 saturated heterocycles. The molecule has 0 aliphatic heterocycles. The Morgan fingerprint density at radius 3 is 2.25 bits per heavy atom. The third-order valence-corrected chi connectivity index (χ3v) is 2.23. The monoisotopic (exact) mass is 234 g/mol. The molecule has 0 spiro atoms. The fraction of sp³-hybridized carbons (Fsp3) is 0.400. The SMILES string of the molecule is CC(N)C(O)c1ccc(C(F)(F)F)cc1N. The van der Waals surface area contributed by atoms with E-state index in [2.05, 4.69) is 0 Å². The van der Waals surface area contributed by atoms with Gasteiger partial charge in [-0.3, -0.25) is 0 Å². The summed E-state index contributed by atoms with van der Waals surface area (Å²) >= 11 is 0. The highest BCUT2D eigenvalue weighted by Crippen LogP contribution is 2.33. The van der Waals surface area contributed by atoms with Crippen LogP contribution < -0.4 is 11.5 Å². The van der Waals surface area contributed by atoms with E-state index in [1.165, 1.54) is 0 Å². The molecule has 0 aromatic heterocycles. The van der Waals surface area contributed by atoms with Crippen LogP contribution in [0.2, 0.25) is 0 Å². The second-order valence-corrected chi connectivity index (χ2v) is 3.65. The molecule has 3 nitrogen and oxygen atoms in total. The van der Waals surface area contributed by atoms with E-state index in [0.717, 1.165) is 18.2 Å². The minimum Gasteiger partial charge on any atom is -0.398 e. The van der Waals surface area contributed by atoms with E-state index in [1.807, 2.05) is 0 Å². The van der Waals surface area contributed by atoms with Crippen molar-refractivity contribution in [2.45, 2.75) is 25.2 Å². The molecular weight excluding hydrogens is 221 g/mol. The van der Waals surface area contributed by atoms with E-state index in [0.29, 0.717) is 0 Å². The van der Waals surface area contributed by atoms with Crippen molar-refractivity contribution in [3.8, 4) is 0 Å². The maximum Gasteiger partial charge on any atom is 0.416 e. The van der Waals surface area contributed by atoms with Crippen molar-refractivity contribution in [2.75, 3.05) is 5.73 Å². The molecule has 0 radical (unpaired) electrons. The van der Waals surface area contributed by atoms with Gasteiger partial charge in [0.1, 0.15) is 0 Å². The van der Waals surface area contributed by atoms with Gasteiger partial charge in [0.2, 0.25) is 0 Å². The maximum atomic E-state index is 12.3. The van der Waals surface area contributed by atoms with Crippen molar-refractivity contribution in [2.24, 2.45) is 5.73 Å². The van der Waals surface area contributed by atoms with Crippen molar-refractivity contribution < 1.29 is 18.3 Å². The number of nitrogen functional groups attached to an aromatic ring is 1. The summed E-state index contributed by atoms with van der Waals surface area (Å²) in [5.74, 6) is 0. The first kappa shape index (κ1) is 12.8. The molecule has 90 valence electrons. The van der Waals surface area contributed by atoms with Crippen molar-refractivity contribution >= 4 is 5.69 Å².